The molecule has 0 aliphatic heterocycles. The van der Waals surface area contributed by atoms with Gasteiger partial charge in [0.25, 0.3) is 5.91 Å². The van der Waals surface area contributed by atoms with E-state index >= 15 is 0 Å². The minimum atomic E-state index is -0.277. The second-order valence-corrected chi connectivity index (χ2v) is 3.64. The van der Waals surface area contributed by atoms with Gasteiger partial charge in [-0.1, -0.05) is 11.4 Å². The molecule has 0 unspecified atom stereocenters. The average molecular weight is 223 g/mol. The molecule has 0 aliphatic carbocycles. The predicted molar refractivity (Wildman–Crippen MR) is 55.9 cm³/mol. The third kappa shape index (κ3) is 2.21. The number of amides is 1. The maximum absolute atomic E-state index is 11.6. The van der Waals surface area contributed by atoms with E-state index in [1.54, 1.807) is 12.1 Å². The van der Waals surface area contributed by atoms with Crippen molar-refractivity contribution >= 4 is 22.4 Å². The van der Waals surface area contributed by atoms with E-state index in [-0.39, 0.29) is 5.91 Å². The number of rotatable bonds is 3. The molecular weight excluding hydrogens is 214 g/mol. The van der Waals surface area contributed by atoms with E-state index in [4.69, 9.17) is 4.42 Å². The topological polar surface area (TPSA) is 68.0 Å². The van der Waals surface area contributed by atoms with Crippen molar-refractivity contribution < 1.29 is 9.21 Å². The molecule has 2 aromatic rings. The Hall–Kier alpha value is -1.69. The summed E-state index contributed by atoms with van der Waals surface area (Å²) < 4.78 is 8.93. The van der Waals surface area contributed by atoms with Gasteiger partial charge in [0.2, 0.25) is 0 Å². The van der Waals surface area contributed by atoms with Gasteiger partial charge in [0, 0.05) is 18.0 Å². The van der Waals surface area contributed by atoms with E-state index < -0.39 is 0 Å². The molecule has 2 aromatic heterocycles. The highest BCUT2D eigenvalue weighted by Gasteiger charge is 2.11. The van der Waals surface area contributed by atoms with Crippen molar-refractivity contribution in [1.29, 1.82) is 0 Å². The minimum absolute atomic E-state index is 0.277. The first-order valence-electron chi connectivity index (χ1n) is 4.47. The number of carbonyl (C=O) groups is 1. The van der Waals surface area contributed by atoms with Crippen LogP contribution in [0.2, 0.25) is 0 Å². The fourth-order valence-electron chi connectivity index (χ4n) is 1.09. The van der Waals surface area contributed by atoms with Crippen LogP contribution in [0.1, 0.15) is 23.2 Å². The average Bonchev–Trinajstić information content (AvgIpc) is 2.86. The molecule has 1 N–H and O–H groups in total. The van der Waals surface area contributed by atoms with E-state index in [0.29, 0.717) is 10.8 Å². The lowest BCUT2D eigenvalue weighted by atomic mass is 10.3. The molecule has 0 fully saturated rings. The zero-order chi connectivity index (χ0) is 10.7. The van der Waals surface area contributed by atoms with Crippen LogP contribution in [0.3, 0.4) is 0 Å². The first-order chi connectivity index (χ1) is 7.29. The second kappa shape index (κ2) is 4.22. The number of nitrogens with zero attached hydrogens (tertiary/aromatic N) is 2. The Morgan fingerprint density at radius 1 is 1.60 bits per heavy atom. The van der Waals surface area contributed by atoms with Crippen LogP contribution in [-0.4, -0.2) is 15.5 Å². The largest absolute Gasteiger partial charge is 0.456 e. The fourth-order valence-corrected chi connectivity index (χ4v) is 1.50. The molecule has 6 heteroatoms. The normalized spacial score (nSPS) is 10.2. The Bertz CT molecular complexity index is 450. The molecule has 0 bridgehead atoms. The predicted octanol–water partition coefficient (Wildman–Crippen LogP) is 1.95. The lowest BCUT2D eigenvalue weighted by molar-refractivity contribution is 0.0995. The van der Waals surface area contributed by atoms with E-state index in [0.717, 1.165) is 23.7 Å². The molecule has 0 spiro atoms. The highest BCUT2D eigenvalue weighted by molar-refractivity contribution is 7.10. The third-order valence-electron chi connectivity index (χ3n) is 1.83. The Morgan fingerprint density at radius 3 is 3.07 bits per heavy atom. The highest BCUT2D eigenvalue weighted by atomic mass is 32.1. The van der Waals surface area contributed by atoms with Crippen LogP contribution < -0.4 is 5.32 Å². The van der Waals surface area contributed by atoms with Crippen LogP contribution in [0.25, 0.3) is 0 Å². The zero-order valence-electron chi connectivity index (χ0n) is 8.06. The molecule has 0 atom stereocenters. The summed E-state index contributed by atoms with van der Waals surface area (Å²) in [4.78, 5) is 11.6. The van der Waals surface area contributed by atoms with Crippen molar-refractivity contribution in [1.82, 2.24) is 9.59 Å². The molecule has 0 aromatic carbocycles. The number of carbonyl (C=O) groups excluding carboxylic acids is 1. The van der Waals surface area contributed by atoms with Crippen molar-refractivity contribution in [3.63, 3.8) is 0 Å². The second-order valence-electron chi connectivity index (χ2n) is 2.86. The lowest BCUT2D eigenvalue weighted by Gasteiger charge is -1.96. The number of anilines is 1. The number of furan rings is 1. The standard InChI is InChI=1S/C9H9N3O2S/c1-2-6-3-4-7(14-6)9(13)11-8-5-10-12-15-8/h3-5H,2H2,1H3,(H,11,13). The Balaban J connectivity index is 2.08. The summed E-state index contributed by atoms with van der Waals surface area (Å²) in [5.41, 5.74) is 0. The molecular formula is C9H9N3O2S. The van der Waals surface area contributed by atoms with Gasteiger partial charge in [-0.05, 0) is 12.1 Å². The maximum Gasteiger partial charge on any atom is 0.292 e. The van der Waals surface area contributed by atoms with Crippen molar-refractivity contribution in [2.24, 2.45) is 0 Å². The van der Waals surface area contributed by atoms with Crippen LogP contribution in [0.4, 0.5) is 5.00 Å². The number of hydrogen-bond donors (Lipinski definition) is 1. The number of hydrogen-bond acceptors (Lipinski definition) is 5. The molecule has 0 aliphatic rings. The molecule has 0 saturated heterocycles. The number of nitrogens with one attached hydrogen (secondary N) is 1. The van der Waals surface area contributed by atoms with Crippen molar-refractivity contribution in [2.75, 3.05) is 5.32 Å². The quantitative estimate of drug-likeness (QED) is 0.863. The van der Waals surface area contributed by atoms with Gasteiger partial charge in [-0.15, -0.1) is 5.10 Å². The molecule has 1 amide bonds. The van der Waals surface area contributed by atoms with Gasteiger partial charge in [-0.3, -0.25) is 4.79 Å². The first-order valence-corrected chi connectivity index (χ1v) is 5.24. The van der Waals surface area contributed by atoms with Crippen LogP contribution >= 0.6 is 11.5 Å². The summed E-state index contributed by atoms with van der Waals surface area (Å²) in [6.45, 7) is 1.97. The summed E-state index contributed by atoms with van der Waals surface area (Å²) >= 11 is 1.12. The lowest BCUT2D eigenvalue weighted by Crippen LogP contribution is -2.09. The summed E-state index contributed by atoms with van der Waals surface area (Å²) in [5.74, 6) is 0.823. The van der Waals surface area contributed by atoms with Crippen LogP contribution in [0.5, 0.6) is 0 Å². The summed E-state index contributed by atoms with van der Waals surface area (Å²) in [7, 11) is 0. The van der Waals surface area contributed by atoms with Gasteiger partial charge in [-0.25, -0.2) is 0 Å². The minimum Gasteiger partial charge on any atom is -0.456 e. The number of aryl methyl sites for hydroxylation is 1. The Morgan fingerprint density at radius 2 is 2.47 bits per heavy atom. The maximum atomic E-state index is 11.6. The van der Waals surface area contributed by atoms with Gasteiger partial charge < -0.3 is 9.73 Å². The Kier molecular flexibility index (Phi) is 2.77. The van der Waals surface area contributed by atoms with Gasteiger partial charge in [0.05, 0.1) is 6.20 Å². The van der Waals surface area contributed by atoms with E-state index in [2.05, 4.69) is 14.9 Å². The van der Waals surface area contributed by atoms with Crippen LogP contribution in [-0.2, 0) is 6.42 Å². The number of aromatic nitrogens is 2. The third-order valence-corrected chi connectivity index (χ3v) is 2.41. The molecule has 0 radical (unpaired) electrons. The van der Waals surface area contributed by atoms with Crippen molar-refractivity contribution in [3.8, 4) is 0 Å². The van der Waals surface area contributed by atoms with Crippen LogP contribution in [0.15, 0.2) is 22.7 Å². The fraction of sp³-hybridized carbons (Fsp3) is 0.222. The van der Waals surface area contributed by atoms with E-state index in [1.807, 2.05) is 6.92 Å². The summed E-state index contributed by atoms with van der Waals surface area (Å²) in [6.07, 6.45) is 2.27. The highest BCUT2D eigenvalue weighted by Crippen LogP contribution is 2.13. The Labute approximate surface area is 90.3 Å². The zero-order valence-corrected chi connectivity index (χ0v) is 8.87. The van der Waals surface area contributed by atoms with Gasteiger partial charge in [0.1, 0.15) is 10.8 Å². The van der Waals surface area contributed by atoms with Crippen molar-refractivity contribution in [3.05, 3.63) is 29.9 Å². The summed E-state index contributed by atoms with van der Waals surface area (Å²) in [6, 6.07) is 3.45. The smallest absolute Gasteiger partial charge is 0.292 e. The van der Waals surface area contributed by atoms with Gasteiger partial charge in [-0.2, -0.15) is 0 Å². The molecule has 0 saturated carbocycles. The van der Waals surface area contributed by atoms with Crippen LogP contribution in [0, 0.1) is 0 Å². The molecule has 2 rings (SSSR count). The monoisotopic (exact) mass is 223 g/mol. The van der Waals surface area contributed by atoms with Crippen molar-refractivity contribution in [2.45, 2.75) is 13.3 Å². The molecule has 2 heterocycles. The van der Waals surface area contributed by atoms with E-state index in [1.165, 1.54) is 6.20 Å². The SMILES string of the molecule is CCc1ccc(C(=O)Nc2cnns2)o1. The van der Waals surface area contributed by atoms with Gasteiger partial charge in [0.15, 0.2) is 5.76 Å². The van der Waals surface area contributed by atoms with E-state index in [9.17, 15) is 4.79 Å². The molecule has 5 nitrogen and oxygen atoms in total. The van der Waals surface area contributed by atoms with Gasteiger partial charge >= 0.3 is 0 Å². The molecule has 15 heavy (non-hydrogen) atoms. The molecule has 78 valence electrons. The summed E-state index contributed by atoms with van der Waals surface area (Å²) in [5, 5.41) is 6.86. The first kappa shape index (κ1) is 9.85.